The predicted molar refractivity (Wildman–Crippen MR) is 116 cm³/mol. The maximum absolute atomic E-state index is 13.2. The van der Waals surface area contributed by atoms with Crippen molar-refractivity contribution in [1.29, 1.82) is 0 Å². The molecule has 0 radical (unpaired) electrons. The number of carbonyl (C=O) groups excluding carboxylic acids is 3. The number of piperidine rings is 1. The van der Waals surface area contributed by atoms with Crippen LogP contribution in [0.25, 0.3) is 0 Å². The lowest BCUT2D eigenvalue weighted by molar-refractivity contribution is -0.136. The van der Waals surface area contributed by atoms with Crippen LogP contribution >= 0.6 is 0 Å². The van der Waals surface area contributed by atoms with E-state index < -0.39 is 11.9 Å². The summed E-state index contributed by atoms with van der Waals surface area (Å²) in [5.74, 6) is -0.820. The van der Waals surface area contributed by atoms with E-state index in [2.05, 4.69) is 21.6 Å². The maximum atomic E-state index is 13.2. The molecule has 0 aromatic heterocycles. The van der Waals surface area contributed by atoms with Crippen LogP contribution in [-0.2, 0) is 22.7 Å². The zero-order valence-corrected chi connectivity index (χ0v) is 17.1. The van der Waals surface area contributed by atoms with E-state index in [4.69, 9.17) is 5.73 Å². The molecular formula is C23H25N5O3. The highest BCUT2D eigenvalue weighted by atomic mass is 16.2. The zero-order valence-electron chi connectivity index (χ0n) is 17.1. The summed E-state index contributed by atoms with van der Waals surface area (Å²) in [4.78, 5) is 40.8. The van der Waals surface area contributed by atoms with Gasteiger partial charge in [0.2, 0.25) is 11.8 Å². The largest absolute Gasteiger partial charge is 0.379 e. The molecule has 2 fully saturated rings. The Morgan fingerprint density at radius 3 is 2.65 bits per heavy atom. The monoisotopic (exact) mass is 419 g/mol. The molecule has 0 aliphatic carbocycles. The number of rotatable bonds is 5. The maximum Gasteiger partial charge on any atom is 0.255 e. The van der Waals surface area contributed by atoms with Gasteiger partial charge >= 0.3 is 0 Å². The minimum atomic E-state index is -0.602. The molecule has 3 aliphatic rings. The van der Waals surface area contributed by atoms with Gasteiger partial charge in [-0.25, -0.2) is 0 Å². The number of para-hydroxylation sites is 2. The second-order valence-corrected chi connectivity index (χ2v) is 8.39. The fourth-order valence-electron chi connectivity index (χ4n) is 4.64. The summed E-state index contributed by atoms with van der Waals surface area (Å²) in [5, 5.41) is 5.82. The molecule has 160 valence electrons. The molecule has 5 rings (SSSR count). The van der Waals surface area contributed by atoms with Crippen molar-refractivity contribution in [3.05, 3.63) is 59.2 Å². The Hall–Kier alpha value is -3.39. The number of imide groups is 1. The second kappa shape index (κ2) is 7.70. The van der Waals surface area contributed by atoms with Crippen LogP contribution in [0.3, 0.4) is 0 Å². The molecule has 0 spiro atoms. The van der Waals surface area contributed by atoms with Crippen LogP contribution in [0.4, 0.5) is 11.4 Å². The fourth-order valence-corrected chi connectivity index (χ4v) is 4.64. The summed E-state index contributed by atoms with van der Waals surface area (Å²) < 4.78 is 0. The Morgan fingerprint density at radius 1 is 1.06 bits per heavy atom. The van der Waals surface area contributed by atoms with Gasteiger partial charge in [-0.15, -0.1) is 0 Å². The average Bonchev–Trinajstić information content (AvgIpc) is 3.07. The van der Waals surface area contributed by atoms with Gasteiger partial charge in [0.25, 0.3) is 5.91 Å². The number of benzene rings is 2. The minimum absolute atomic E-state index is 0.149. The molecule has 0 saturated carbocycles. The van der Waals surface area contributed by atoms with E-state index in [9.17, 15) is 14.4 Å². The minimum Gasteiger partial charge on any atom is -0.379 e. The van der Waals surface area contributed by atoms with E-state index in [1.165, 1.54) is 0 Å². The van der Waals surface area contributed by atoms with Crippen molar-refractivity contribution in [1.82, 2.24) is 10.2 Å². The van der Waals surface area contributed by atoms with Crippen molar-refractivity contribution in [3.8, 4) is 0 Å². The molecule has 4 N–H and O–H groups in total. The van der Waals surface area contributed by atoms with Crippen molar-refractivity contribution >= 4 is 29.1 Å². The lowest BCUT2D eigenvalue weighted by Gasteiger charge is -2.39. The van der Waals surface area contributed by atoms with Crippen LogP contribution in [0, 0.1) is 0 Å². The average molecular weight is 419 g/mol. The van der Waals surface area contributed by atoms with E-state index in [1.54, 1.807) is 4.90 Å². The Bertz CT molecular complexity index is 1060. The van der Waals surface area contributed by atoms with Gasteiger partial charge in [-0.3, -0.25) is 19.7 Å². The third-order valence-electron chi connectivity index (χ3n) is 6.26. The normalized spacial score (nSPS) is 21.1. The molecule has 3 heterocycles. The van der Waals surface area contributed by atoms with E-state index in [0.29, 0.717) is 25.1 Å². The topological polar surface area (TPSA) is 108 Å². The smallest absolute Gasteiger partial charge is 0.255 e. The van der Waals surface area contributed by atoms with Gasteiger partial charge in [-0.1, -0.05) is 30.3 Å². The third-order valence-corrected chi connectivity index (χ3v) is 6.26. The number of nitrogens with one attached hydrogen (secondary N) is 2. The number of hydrogen-bond donors (Lipinski definition) is 3. The Morgan fingerprint density at radius 2 is 1.87 bits per heavy atom. The van der Waals surface area contributed by atoms with E-state index >= 15 is 0 Å². The third kappa shape index (κ3) is 3.53. The molecule has 8 nitrogen and oxygen atoms in total. The molecule has 8 heteroatoms. The Balaban J connectivity index is 1.34. The van der Waals surface area contributed by atoms with E-state index in [1.807, 2.05) is 36.4 Å². The summed E-state index contributed by atoms with van der Waals surface area (Å²) >= 11 is 0. The molecule has 2 saturated heterocycles. The summed E-state index contributed by atoms with van der Waals surface area (Å²) in [7, 11) is 0. The molecule has 0 bridgehead atoms. The number of hydrogen-bond acceptors (Lipinski definition) is 6. The molecule has 3 amide bonds. The van der Waals surface area contributed by atoms with Crippen LogP contribution in [0.2, 0.25) is 0 Å². The van der Waals surface area contributed by atoms with Gasteiger partial charge in [0.05, 0.1) is 11.4 Å². The number of carbonyl (C=O) groups is 3. The molecule has 1 atom stereocenters. The molecule has 1 unspecified atom stereocenters. The highest BCUT2D eigenvalue weighted by Gasteiger charge is 2.39. The standard InChI is InChI=1S/C23H25N5O3/c24-16-12-27(13-16)18-7-2-1-6-17(18)25-10-14-4-3-5-15-11-28(23(31)21(14)15)19-8-9-20(29)26-22(19)30/h1-7,16,19,25H,8-13,24H2,(H,26,29,30). The Labute approximate surface area is 180 Å². The Kier molecular flexibility index (Phi) is 4.86. The summed E-state index contributed by atoms with van der Waals surface area (Å²) in [6.45, 7) is 2.54. The van der Waals surface area contributed by atoms with Crippen LogP contribution in [0.5, 0.6) is 0 Å². The highest BCUT2D eigenvalue weighted by Crippen LogP contribution is 2.32. The molecule has 3 aliphatic heterocycles. The molecule has 2 aromatic rings. The number of nitrogens with zero attached hydrogens (tertiary/aromatic N) is 2. The van der Waals surface area contributed by atoms with Crippen molar-refractivity contribution < 1.29 is 14.4 Å². The molecule has 31 heavy (non-hydrogen) atoms. The lowest BCUT2D eigenvalue weighted by atomic mass is 10.0. The second-order valence-electron chi connectivity index (χ2n) is 8.39. The van der Waals surface area contributed by atoms with Gasteiger partial charge in [-0.05, 0) is 29.7 Å². The van der Waals surface area contributed by atoms with Crippen LogP contribution in [-0.4, -0.2) is 47.8 Å². The SMILES string of the molecule is NC1CN(c2ccccc2NCc2cccc3c2C(=O)N(C2CCC(=O)NC2=O)C3)C1. The van der Waals surface area contributed by atoms with Crippen molar-refractivity contribution in [2.75, 3.05) is 23.3 Å². The molecular weight excluding hydrogens is 394 g/mol. The van der Waals surface area contributed by atoms with Gasteiger partial charge in [0.1, 0.15) is 6.04 Å². The summed E-state index contributed by atoms with van der Waals surface area (Å²) in [6, 6.07) is 13.5. The lowest BCUT2D eigenvalue weighted by Crippen LogP contribution is -2.56. The zero-order chi connectivity index (χ0) is 21.5. The van der Waals surface area contributed by atoms with Gasteiger partial charge in [0, 0.05) is 44.2 Å². The van der Waals surface area contributed by atoms with Gasteiger partial charge in [-0.2, -0.15) is 0 Å². The predicted octanol–water partition coefficient (Wildman–Crippen LogP) is 1.21. The van der Waals surface area contributed by atoms with Crippen LogP contribution in [0.15, 0.2) is 42.5 Å². The first kappa shape index (κ1) is 19.6. The number of fused-ring (bicyclic) bond motifs is 1. The number of nitrogens with two attached hydrogens (primary N) is 1. The van der Waals surface area contributed by atoms with E-state index in [-0.39, 0.29) is 24.3 Å². The fraction of sp³-hybridized carbons (Fsp3) is 0.348. The van der Waals surface area contributed by atoms with Crippen molar-refractivity contribution in [2.45, 2.75) is 38.0 Å². The van der Waals surface area contributed by atoms with Gasteiger partial charge < -0.3 is 20.9 Å². The first-order valence-corrected chi connectivity index (χ1v) is 10.6. The number of anilines is 2. The van der Waals surface area contributed by atoms with Gasteiger partial charge in [0.15, 0.2) is 0 Å². The van der Waals surface area contributed by atoms with Crippen LogP contribution in [0.1, 0.15) is 34.3 Å². The summed E-state index contributed by atoms with van der Waals surface area (Å²) in [6.07, 6.45) is 0.616. The first-order chi connectivity index (χ1) is 15.0. The summed E-state index contributed by atoms with van der Waals surface area (Å²) in [5.41, 5.74) is 10.5. The van der Waals surface area contributed by atoms with Crippen molar-refractivity contribution in [3.63, 3.8) is 0 Å². The van der Waals surface area contributed by atoms with Crippen LogP contribution < -0.4 is 21.3 Å². The highest BCUT2D eigenvalue weighted by molar-refractivity contribution is 6.06. The number of amides is 3. The molecule has 2 aromatic carbocycles. The van der Waals surface area contributed by atoms with E-state index in [0.717, 1.165) is 35.6 Å². The first-order valence-electron chi connectivity index (χ1n) is 10.6. The van der Waals surface area contributed by atoms with Crippen molar-refractivity contribution in [2.24, 2.45) is 5.73 Å². The quantitative estimate of drug-likeness (QED) is 0.629.